The van der Waals surface area contributed by atoms with E-state index in [1.54, 1.807) is 11.8 Å². The van der Waals surface area contributed by atoms with Crippen molar-refractivity contribution >= 4 is 35.8 Å². The van der Waals surface area contributed by atoms with Crippen molar-refractivity contribution in [1.29, 1.82) is 0 Å². The predicted molar refractivity (Wildman–Crippen MR) is 108 cm³/mol. The van der Waals surface area contributed by atoms with Gasteiger partial charge in [-0.05, 0) is 17.9 Å². The van der Waals surface area contributed by atoms with Crippen LogP contribution >= 0.6 is 24.2 Å². The lowest BCUT2D eigenvalue weighted by molar-refractivity contribution is -0.120. The summed E-state index contributed by atoms with van der Waals surface area (Å²) in [6, 6.07) is 13.0. The van der Waals surface area contributed by atoms with Gasteiger partial charge in [0.1, 0.15) is 13.2 Å². The Kier molecular flexibility index (Phi) is 7.20. The molecule has 0 bridgehead atoms. The molecule has 7 heteroatoms. The summed E-state index contributed by atoms with van der Waals surface area (Å²) in [4.78, 5) is 13.6. The zero-order valence-electron chi connectivity index (χ0n) is 14.7. The van der Waals surface area contributed by atoms with Gasteiger partial charge in [0.25, 0.3) is 0 Å². The Bertz CT molecular complexity index is 758. The molecular formula is C19H23ClN2O3S. The van der Waals surface area contributed by atoms with Gasteiger partial charge in [-0.2, -0.15) is 0 Å². The van der Waals surface area contributed by atoms with Crippen LogP contribution in [0.2, 0.25) is 0 Å². The molecular weight excluding hydrogens is 372 g/mol. The highest BCUT2D eigenvalue weighted by atomic mass is 35.5. The molecule has 1 aliphatic rings. The van der Waals surface area contributed by atoms with Crippen LogP contribution in [0.3, 0.4) is 0 Å². The molecule has 2 aromatic carbocycles. The minimum Gasteiger partial charge on any atom is -0.486 e. The molecule has 3 N–H and O–H groups in total. The van der Waals surface area contributed by atoms with Gasteiger partial charge in [0.05, 0.1) is 11.6 Å². The quantitative estimate of drug-likeness (QED) is 0.753. The number of amides is 1. The normalized spacial score (nSPS) is 14.7. The van der Waals surface area contributed by atoms with Crippen LogP contribution < -0.4 is 20.5 Å². The third-order valence-electron chi connectivity index (χ3n) is 4.26. The molecule has 140 valence electrons. The van der Waals surface area contributed by atoms with Gasteiger partial charge in [-0.1, -0.05) is 37.3 Å². The van der Waals surface area contributed by atoms with Crippen molar-refractivity contribution in [2.75, 3.05) is 24.8 Å². The molecule has 0 fully saturated rings. The van der Waals surface area contributed by atoms with Gasteiger partial charge in [-0.25, -0.2) is 0 Å². The Morgan fingerprint density at radius 2 is 1.77 bits per heavy atom. The first-order valence-electron chi connectivity index (χ1n) is 8.19. The number of hydrogen-bond acceptors (Lipinski definition) is 5. The van der Waals surface area contributed by atoms with E-state index in [1.165, 1.54) is 0 Å². The lowest BCUT2D eigenvalue weighted by Gasteiger charge is -2.23. The van der Waals surface area contributed by atoms with Crippen LogP contribution in [0.25, 0.3) is 0 Å². The predicted octanol–water partition coefficient (Wildman–Crippen LogP) is 3.88. The molecule has 26 heavy (non-hydrogen) atoms. The second-order valence-electron chi connectivity index (χ2n) is 5.91. The molecule has 2 atom stereocenters. The van der Waals surface area contributed by atoms with Gasteiger partial charge in [0, 0.05) is 17.0 Å². The summed E-state index contributed by atoms with van der Waals surface area (Å²) in [5, 5.41) is 2.99. The van der Waals surface area contributed by atoms with E-state index in [4.69, 9.17) is 15.2 Å². The lowest BCUT2D eigenvalue weighted by Crippen LogP contribution is -2.30. The van der Waals surface area contributed by atoms with E-state index in [2.05, 4.69) is 5.32 Å². The molecule has 2 aromatic rings. The minimum absolute atomic E-state index is 0. The average molecular weight is 395 g/mol. The summed E-state index contributed by atoms with van der Waals surface area (Å²) < 4.78 is 11.2. The molecule has 0 saturated heterocycles. The van der Waals surface area contributed by atoms with E-state index in [-0.39, 0.29) is 30.3 Å². The first-order valence-corrected chi connectivity index (χ1v) is 9.41. The van der Waals surface area contributed by atoms with Crippen LogP contribution in [-0.4, -0.2) is 25.4 Å². The van der Waals surface area contributed by atoms with E-state index < -0.39 is 0 Å². The van der Waals surface area contributed by atoms with Crippen molar-refractivity contribution < 1.29 is 14.3 Å². The number of hydrogen-bond donors (Lipinski definition) is 2. The largest absolute Gasteiger partial charge is 0.486 e. The van der Waals surface area contributed by atoms with Gasteiger partial charge < -0.3 is 20.5 Å². The number of halogens is 1. The standard InChI is InChI=1S/C19H22N2O3S.ClH/c1-12(18(20)13-6-4-3-5-7-13)19(22)21-14-10-15-16(11-17(14)25-2)24-9-8-23-15;/h3-7,10-12,18H,8-9,20H2,1-2H3,(H,21,22);1H. The smallest absolute Gasteiger partial charge is 0.229 e. The molecule has 0 radical (unpaired) electrons. The van der Waals surface area contributed by atoms with Crippen LogP contribution in [0.1, 0.15) is 18.5 Å². The number of rotatable bonds is 5. The molecule has 0 saturated carbocycles. The number of nitrogens with two attached hydrogens (primary N) is 1. The van der Waals surface area contributed by atoms with Gasteiger partial charge in [0.2, 0.25) is 5.91 Å². The van der Waals surface area contributed by atoms with Crippen LogP contribution in [0.4, 0.5) is 5.69 Å². The number of benzene rings is 2. The van der Waals surface area contributed by atoms with Crippen LogP contribution in [-0.2, 0) is 4.79 Å². The molecule has 3 rings (SSSR count). The molecule has 1 amide bonds. The Hall–Kier alpha value is -1.89. The summed E-state index contributed by atoms with van der Waals surface area (Å²) in [6.07, 6.45) is 1.96. The monoisotopic (exact) mass is 394 g/mol. The van der Waals surface area contributed by atoms with Gasteiger partial charge in [0.15, 0.2) is 11.5 Å². The van der Waals surface area contributed by atoms with Crippen molar-refractivity contribution in [1.82, 2.24) is 0 Å². The Morgan fingerprint density at radius 1 is 1.15 bits per heavy atom. The zero-order valence-corrected chi connectivity index (χ0v) is 16.4. The van der Waals surface area contributed by atoms with E-state index in [1.807, 2.05) is 55.6 Å². The minimum atomic E-state index is -0.370. The molecule has 2 unspecified atom stereocenters. The van der Waals surface area contributed by atoms with Gasteiger partial charge in [-0.15, -0.1) is 24.2 Å². The fourth-order valence-electron chi connectivity index (χ4n) is 2.71. The van der Waals surface area contributed by atoms with E-state index in [0.717, 1.165) is 10.5 Å². The van der Waals surface area contributed by atoms with E-state index in [9.17, 15) is 4.79 Å². The van der Waals surface area contributed by atoms with Gasteiger partial charge in [-0.3, -0.25) is 4.79 Å². The molecule has 1 heterocycles. The molecule has 5 nitrogen and oxygen atoms in total. The summed E-state index contributed by atoms with van der Waals surface area (Å²) in [5.41, 5.74) is 7.92. The number of anilines is 1. The zero-order chi connectivity index (χ0) is 17.8. The van der Waals surface area contributed by atoms with E-state index in [0.29, 0.717) is 30.4 Å². The van der Waals surface area contributed by atoms with Crippen molar-refractivity contribution in [3.8, 4) is 11.5 Å². The summed E-state index contributed by atoms with van der Waals surface area (Å²) in [7, 11) is 0. The lowest BCUT2D eigenvalue weighted by atomic mass is 9.94. The van der Waals surface area contributed by atoms with E-state index >= 15 is 0 Å². The maximum atomic E-state index is 12.7. The molecule has 1 aliphatic heterocycles. The second kappa shape index (κ2) is 9.16. The van der Waals surface area contributed by atoms with Crippen LogP contribution in [0.5, 0.6) is 11.5 Å². The molecule has 0 aromatic heterocycles. The summed E-state index contributed by atoms with van der Waals surface area (Å²) in [6.45, 7) is 2.88. The Balaban J connectivity index is 0.00000243. The highest BCUT2D eigenvalue weighted by molar-refractivity contribution is 7.98. The fourth-order valence-corrected chi connectivity index (χ4v) is 3.27. The SMILES string of the molecule is CSc1cc2c(cc1NC(=O)C(C)C(N)c1ccccc1)OCCO2.Cl. The first kappa shape index (κ1) is 20.4. The topological polar surface area (TPSA) is 73.6 Å². The van der Waals surface area contributed by atoms with Crippen molar-refractivity contribution in [2.45, 2.75) is 17.9 Å². The number of ether oxygens (including phenoxy) is 2. The highest BCUT2D eigenvalue weighted by Crippen LogP contribution is 2.39. The van der Waals surface area contributed by atoms with Crippen molar-refractivity contribution in [3.05, 3.63) is 48.0 Å². The van der Waals surface area contributed by atoms with Crippen LogP contribution in [0, 0.1) is 5.92 Å². The first-order chi connectivity index (χ1) is 12.1. The number of carbonyl (C=O) groups excluding carboxylic acids is 1. The number of thioether (sulfide) groups is 1. The number of carbonyl (C=O) groups is 1. The average Bonchev–Trinajstić information content (AvgIpc) is 2.66. The maximum Gasteiger partial charge on any atom is 0.229 e. The third-order valence-corrected chi connectivity index (χ3v) is 5.04. The maximum absolute atomic E-state index is 12.7. The molecule has 0 spiro atoms. The van der Waals surface area contributed by atoms with Crippen LogP contribution in [0.15, 0.2) is 47.4 Å². The van der Waals surface area contributed by atoms with Gasteiger partial charge >= 0.3 is 0 Å². The third kappa shape index (κ3) is 4.44. The number of fused-ring (bicyclic) bond motifs is 1. The summed E-state index contributed by atoms with van der Waals surface area (Å²) in [5.74, 6) is 0.871. The summed E-state index contributed by atoms with van der Waals surface area (Å²) >= 11 is 1.55. The van der Waals surface area contributed by atoms with Crippen molar-refractivity contribution in [2.24, 2.45) is 11.7 Å². The van der Waals surface area contributed by atoms with Crippen molar-refractivity contribution in [3.63, 3.8) is 0 Å². The highest BCUT2D eigenvalue weighted by Gasteiger charge is 2.24. The Labute approximate surface area is 164 Å². The Morgan fingerprint density at radius 3 is 2.38 bits per heavy atom. The fraction of sp³-hybridized carbons (Fsp3) is 0.316. The molecule has 0 aliphatic carbocycles. The number of nitrogens with one attached hydrogen (secondary N) is 1. The second-order valence-corrected chi connectivity index (χ2v) is 6.76.